The third-order valence-electron chi connectivity index (χ3n) is 3.98. The summed E-state index contributed by atoms with van der Waals surface area (Å²) in [5, 5.41) is 4.50. The van der Waals surface area contributed by atoms with Crippen molar-refractivity contribution in [3.05, 3.63) is 47.0 Å². The molecule has 8 nitrogen and oxygen atoms in total. The maximum Gasteiger partial charge on any atom is 0.343 e. The van der Waals surface area contributed by atoms with Crippen LogP contribution in [0.25, 0.3) is 11.0 Å². The van der Waals surface area contributed by atoms with E-state index in [0.717, 1.165) is 11.0 Å². The van der Waals surface area contributed by atoms with Crippen LogP contribution in [0.15, 0.2) is 41.5 Å². The van der Waals surface area contributed by atoms with E-state index in [0.29, 0.717) is 17.3 Å². The minimum Gasteiger partial charge on any atom is -0.493 e. The number of hydrazone groups is 1. The normalized spacial score (nSPS) is 11.0. The quantitative estimate of drug-likeness (QED) is 0.371. The zero-order chi connectivity index (χ0) is 20.1. The summed E-state index contributed by atoms with van der Waals surface area (Å²) in [5.74, 6) is 0.722. The van der Waals surface area contributed by atoms with Crippen LogP contribution in [0.1, 0.15) is 5.56 Å². The second-order valence-electron chi connectivity index (χ2n) is 5.75. The van der Waals surface area contributed by atoms with E-state index in [1.165, 1.54) is 14.2 Å². The summed E-state index contributed by atoms with van der Waals surface area (Å²) in [6, 6.07) is 11.1. The van der Waals surface area contributed by atoms with Gasteiger partial charge in [0.1, 0.15) is 0 Å². The molecule has 0 spiro atoms. The lowest BCUT2D eigenvalue weighted by atomic mass is 10.2. The molecule has 0 radical (unpaired) electrons. The molecule has 1 heterocycles. The Kier molecular flexibility index (Phi) is 6.00. The van der Waals surface area contributed by atoms with E-state index in [-0.39, 0.29) is 17.4 Å². The molecule has 146 valence electrons. The number of nitrogens with zero attached hydrogens (tertiary/aromatic N) is 3. The summed E-state index contributed by atoms with van der Waals surface area (Å²) in [6.45, 7) is -0.270. The zero-order valence-corrected chi connectivity index (χ0v) is 16.4. The van der Waals surface area contributed by atoms with Crippen LogP contribution in [0.2, 0.25) is 5.02 Å². The highest BCUT2D eigenvalue weighted by atomic mass is 35.5. The number of carbonyl (C=O) groups excluding carboxylic acids is 1. The summed E-state index contributed by atoms with van der Waals surface area (Å²) in [4.78, 5) is 15.7. The van der Waals surface area contributed by atoms with Gasteiger partial charge in [-0.2, -0.15) is 5.10 Å². The van der Waals surface area contributed by atoms with Gasteiger partial charge in [0.25, 0.3) is 0 Å². The first kappa shape index (κ1) is 19.5. The van der Waals surface area contributed by atoms with Gasteiger partial charge in [-0.15, -0.1) is 0 Å². The van der Waals surface area contributed by atoms with Crippen LogP contribution in [0.4, 0.5) is 5.95 Å². The van der Waals surface area contributed by atoms with Gasteiger partial charge in [0, 0.05) is 7.05 Å². The first-order valence-corrected chi connectivity index (χ1v) is 8.69. The number of aryl methyl sites for hydroxylation is 1. The lowest BCUT2D eigenvalue weighted by molar-refractivity contribution is -0.142. The van der Waals surface area contributed by atoms with Crippen LogP contribution in [0, 0.1) is 0 Å². The average molecular weight is 403 g/mol. The number of para-hydroxylation sites is 2. The molecule has 2 aromatic carbocycles. The molecule has 1 aromatic heterocycles. The lowest BCUT2D eigenvalue weighted by Crippen LogP contribution is -2.13. The number of esters is 1. The van der Waals surface area contributed by atoms with Crippen LogP contribution in [0.3, 0.4) is 0 Å². The SMILES string of the molecule is COC(=O)COc1c(Cl)cc(/C=N\Nc2nc3ccccc3n2C)cc1OC. The molecule has 28 heavy (non-hydrogen) atoms. The Balaban J connectivity index is 1.77. The number of halogens is 1. The minimum atomic E-state index is -0.518. The number of rotatable bonds is 7. The predicted octanol–water partition coefficient (Wildman–Crippen LogP) is 3.23. The van der Waals surface area contributed by atoms with Crippen molar-refractivity contribution in [1.82, 2.24) is 9.55 Å². The zero-order valence-electron chi connectivity index (χ0n) is 15.6. The van der Waals surface area contributed by atoms with Gasteiger partial charge in [0.05, 0.1) is 36.5 Å². The number of imidazole rings is 1. The van der Waals surface area contributed by atoms with Crippen LogP contribution in [0.5, 0.6) is 11.5 Å². The second-order valence-corrected chi connectivity index (χ2v) is 6.16. The first-order chi connectivity index (χ1) is 13.5. The molecule has 0 saturated carbocycles. The number of aromatic nitrogens is 2. The summed E-state index contributed by atoms with van der Waals surface area (Å²) in [7, 11) is 4.66. The molecule has 0 aliphatic rings. The number of nitrogens with one attached hydrogen (secondary N) is 1. The molecule has 0 aliphatic carbocycles. The van der Waals surface area contributed by atoms with Crippen molar-refractivity contribution >= 4 is 40.8 Å². The number of anilines is 1. The Hall–Kier alpha value is -3.26. The molecule has 3 aromatic rings. The second kappa shape index (κ2) is 8.62. The van der Waals surface area contributed by atoms with E-state index < -0.39 is 5.97 Å². The van der Waals surface area contributed by atoms with Gasteiger partial charge < -0.3 is 18.8 Å². The Morgan fingerprint density at radius 3 is 2.82 bits per heavy atom. The van der Waals surface area contributed by atoms with Crippen molar-refractivity contribution < 1.29 is 19.0 Å². The molecule has 0 aliphatic heterocycles. The number of ether oxygens (including phenoxy) is 3. The highest BCUT2D eigenvalue weighted by Crippen LogP contribution is 2.36. The van der Waals surface area contributed by atoms with Crippen molar-refractivity contribution in [2.45, 2.75) is 0 Å². The van der Waals surface area contributed by atoms with E-state index in [1.54, 1.807) is 18.3 Å². The molecule has 3 rings (SSSR count). The highest BCUT2D eigenvalue weighted by Gasteiger charge is 2.13. The van der Waals surface area contributed by atoms with Crippen molar-refractivity contribution in [1.29, 1.82) is 0 Å². The fourth-order valence-electron chi connectivity index (χ4n) is 2.55. The van der Waals surface area contributed by atoms with Gasteiger partial charge in [0.15, 0.2) is 18.1 Å². The van der Waals surface area contributed by atoms with Crippen LogP contribution >= 0.6 is 11.6 Å². The van der Waals surface area contributed by atoms with Crippen LogP contribution < -0.4 is 14.9 Å². The van der Waals surface area contributed by atoms with Gasteiger partial charge in [-0.05, 0) is 29.8 Å². The van der Waals surface area contributed by atoms with Crippen molar-refractivity contribution in [3.63, 3.8) is 0 Å². The van der Waals surface area contributed by atoms with Crippen molar-refractivity contribution in [2.75, 3.05) is 26.3 Å². The summed E-state index contributed by atoms with van der Waals surface area (Å²) >= 11 is 6.26. The number of carbonyl (C=O) groups is 1. The fraction of sp³-hybridized carbons (Fsp3) is 0.211. The largest absolute Gasteiger partial charge is 0.493 e. The minimum absolute atomic E-state index is 0.259. The van der Waals surface area contributed by atoms with E-state index in [1.807, 2.05) is 35.9 Å². The lowest BCUT2D eigenvalue weighted by Gasteiger charge is -2.12. The van der Waals surface area contributed by atoms with E-state index >= 15 is 0 Å². The monoisotopic (exact) mass is 402 g/mol. The third kappa shape index (κ3) is 4.17. The molecule has 0 unspecified atom stereocenters. The van der Waals surface area contributed by atoms with Gasteiger partial charge in [0.2, 0.25) is 5.95 Å². The molecule has 9 heteroatoms. The fourth-order valence-corrected chi connectivity index (χ4v) is 2.83. The molecule has 0 saturated heterocycles. The Morgan fingerprint density at radius 1 is 1.32 bits per heavy atom. The number of methoxy groups -OCH3 is 2. The molecular weight excluding hydrogens is 384 g/mol. The summed E-state index contributed by atoms with van der Waals surface area (Å²) in [5.41, 5.74) is 5.47. The van der Waals surface area contributed by atoms with Crippen LogP contribution in [-0.4, -0.2) is 42.6 Å². The van der Waals surface area contributed by atoms with Gasteiger partial charge in [-0.3, -0.25) is 0 Å². The van der Waals surface area contributed by atoms with E-state index in [2.05, 4.69) is 20.2 Å². The smallest absolute Gasteiger partial charge is 0.343 e. The molecule has 0 atom stereocenters. The number of benzene rings is 2. The molecule has 0 amide bonds. The van der Waals surface area contributed by atoms with Gasteiger partial charge in [-0.25, -0.2) is 15.2 Å². The highest BCUT2D eigenvalue weighted by molar-refractivity contribution is 6.32. The number of hydrogen-bond acceptors (Lipinski definition) is 7. The van der Waals surface area contributed by atoms with Gasteiger partial charge >= 0.3 is 5.97 Å². The molecule has 1 N–H and O–H groups in total. The van der Waals surface area contributed by atoms with Crippen molar-refractivity contribution in [2.24, 2.45) is 12.1 Å². The Morgan fingerprint density at radius 2 is 2.11 bits per heavy atom. The Labute approximate surface area is 166 Å². The first-order valence-electron chi connectivity index (χ1n) is 8.31. The Bertz CT molecular complexity index is 1030. The number of fused-ring (bicyclic) bond motifs is 1. The maximum absolute atomic E-state index is 11.3. The van der Waals surface area contributed by atoms with Crippen molar-refractivity contribution in [3.8, 4) is 11.5 Å². The summed E-state index contributed by atoms with van der Waals surface area (Å²) in [6.07, 6.45) is 1.58. The topological polar surface area (TPSA) is 87.0 Å². The van der Waals surface area contributed by atoms with Gasteiger partial charge in [-0.1, -0.05) is 23.7 Å². The van der Waals surface area contributed by atoms with E-state index in [9.17, 15) is 4.79 Å². The predicted molar refractivity (Wildman–Crippen MR) is 107 cm³/mol. The average Bonchev–Trinajstić information content (AvgIpc) is 3.02. The molecule has 0 bridgehead atoms. The van der Waals surface area contributed by atoms with Crippen LogP contribution in [-0.2, 0) is 16.6 Å². The molecule has 0 fully saturated rings. The third-order valence-corrected chi connectivity index (χ3v) is 4.26. The number of hydrogen-bond donors (Lipinski definition) is 1. The maximum atomic E-state index is 11.3. The standard InChI is InChI=1S/C19H19ClN4O4/c1-24-15-7-5-4-6-14(15)22-19(24)23-21-10-12-8-13(20)18(16(9-12)26-2)28-11-17(25)27-3/h4-10H,11H2,1-3H3,(H,22,23)/b21-10-. The summed E-state index contributed by atoms with van der Waals surface area (Å²) < 4.78 is 17.1. The molecular formula is C19H19ClN4O4. The van der Waals surface area contributed by atoms with E-state index in [4.69, 9.17) is 21.1 Å².